The smallest absolute Gasteiger partial charge is 0.102 e. The van der Waals surface area contributed by atoms with Crippen molar-refractivity contribution in [2.45, 2.75) is 39.5 Å². The lowest BCUT2D eigenvalue weighted by atomic mass is 9.78. The van der Waals surface area contributed by atoms with Crippen molar-refractivity contribution < 1.29 is 4.74 Å². The Bertz CT molecular complexity index is 486. The summed E-state index contributed by atoms with van der Waals surface area (Å²) >= 11 is 0. The highest BCUT2D eigenvalue weighted by Gasteiger charge is 2.40. The number of hydrogen-bond acceptors (Lipinski definition) is 1. The van der Waals surface area contributed by atoms with E-state index in [-0.39, 0.29) is 5.41 Å². The van der Waals surface area contributed by atoms with E-state index >= 15 is 0 Å². The van der Waals surface area contributed by atoms with Gasteiger partial charge in [-0.25, -0.2) is 0 Å². The molecule has 0 N–H and O–H groups in total. The Morgan fingerprint density at radius 3 is 2.85 bits per heavy atom. The molecule has 0 unspecified atom stereocenters. The maximum absolute atomic E-state index is 5.69. The lowest BCUT2D eigenvalue weighted by Gasteiger charge is -2.28. The Hall–Kier alpha value is -1.50. The predicted molar refractivity (Wildman–Crippen MR) is 86.3 cm³/mol. The first-order valence-electron chi connectivity index (χ1n) is 7.50. The van der Waals surface area contributed by atoms with Crippen molar-refractivity contribution in [3.8, 4) is 0 Å². The first kappa shape index (κ1) is 14.9. The molecule has 0 bridgehead atoms. The molecule has 2 atom stereocenters. The zero-order valence-corrected chi connectivity index (χ0v) is 13.0. The van der Waals surface area contributed by atoms with E-state index in [0.717, 1.165) is 31.4 Å². The molecule has 0 spiro atoms. The van der Waals surface area contributed by atoms with Crippen molar-refractivity contribution in [2.24, 2.45) is 11.3 Å². The van der Waals surface area contributed by atoms with Crippen molar-refractivity contribution in [3.63, 3.8) is 0 Å². The van der Waals surface area contributed by atoms with E-state index in [9.17, 15) is 0 Å². The van der Waals surface area contributed by atoms with Gasteiger partial charge in [-0.05, 0) is 45.6 Å². The second-order valence-corrected chi connectivity index (χ2v) is 6.10. The van der Waals surface area contributed by atoms with Crippen molar-refractivity contribution in [1.29, 1.82) is 0 Å². The molecule has 0 saturated heterocycles. The lowest BCUT2D eigenvalue weighted by Crippen LogP contribution is -2.19. The van der Waals surface area contributed by atoms with Gasteiger partial charge in [0.15, 0.2) is 0 Å². The van der Waals surface area contributed by atoms with Gasteiger partial charge in [-0.2, -0.15) is 0 Å². The molecule has 20 heavy (non-hydrogen) atoms. The SMILES string of the molecule is C=C[C@@]1(CCC=C(C)C)C[C@@H](C2=CC=CC2)C=C1OC. The van der Waals surface area contributed by atoms with Crippen molar-refractivity contribution in [3.05, 3.63) is 59.9 Å². The minimum Gasteiger partial charge on any atom is -0.500 e. The number of methoxy groups -OCH3 is 1. The highest BCUT2D eigenvalue weighted by molar-refractivity contribution is 5.35. The highest BCUT2D eigenvalue weighted by Crippen LogP contribution is 2.49. The van der Waals surface area contributed by atoms with E-state index in [0.29, 0.717) is 5.92 Å². The number of ether oxygens (including phenoxy) is 1. The first-order valence-corrected chi connectivity index (χ1v) is 7.50. The Balaban J connectivity index is 2.14. The summed E-state index contributed by atoms with van der Waals surface area (Å²) in [5.74, 6) is 1.61. The maximum atomic E-state index is 5.69. The number of hydrogen-bond donors (Lipinski definition) is 0. The van der Waals surface area contributed by atoms with Crippen LogP contribution in [0.25, 0.3) is 0 Å². The van der Waals surface area contributed by atoms with Crippen molar-refractivity contribution in [2.75, 3.05) is 7.11 Å². The van der Waals surface area contributed by atoms with Crippen LogP contribution in [0.3, 0.4) is 0 Å². The fraction of sp³-hybridized carbons (Fsp3) is 0.474. The number of rotatable bonds is 6. The van der Waals surface area contributed by atoms with Crippen LogP contribution in [-0.2, 0) is 4.74 Å². The van der Waals surface area contributed by atoms with E-state index in [1.54, 1.807) is 7.11 Å². The summed E-state index contributed by atoms with van der Waals surface area (Å²) in [6, 6.07) is 0. The molecule has 0 saturated carbocycles. The average molecular weight is 270 g/mol. The van der Waals surface area contributed by atoms with E-state index < -0.39 is 0 Å². The molecule has 0 aromatic rings. The molecule has 0 amide bonds. The first-order chi connectivity index (χ1) is 9.61. The normalized spacial score (nSPS) is 28.1. The van der Waals surface area contributed by atoms with Gasteiger partial charge in [-0.1, -0.05) is 41.5 Å². The Morgan fingerprint density at radius 1 is 1.50 bits per heavy atom. The summed E-state index contributed by atoms with van der Waals surface area (Å²) in [4.78, 5) is 0. The molecule has 2 rings (SSSR count). The molecule has 0 aromatic heterocycles. The summed E-state index contributed by atoms with van der Waals surface area (Å²) < 4.78 is 5.69. The molecule has 0 radical (unpaired) electrons. The van der Waals surface area contributed by atoms with Gasteiger partial charge in [0.2, 0.25) is 0 Å². The van der Waals surface area contributed by atoms with Crippen LogP contribution in [0.1, 0.15) is 39.5 Å². The van der Waals surface area contributed by atoms with Crippen LogP contribution in [0.4, 0.5) is 0 Å². The predicted octanol–water partition coefficient (Wildman–Crippen LogP) is 5.34. The standard InChI is InChI=1S/C19H26O/c1-5-19(12-8-9-15(2)3)14-17(13-18(19)20-4)16-10-6-7-11-16/h5-7,9-10,13,17H,1,8,11-12,14H2,2-4H3/t17-,19+/m0/s1. The molecule has 1 nitrogen and oxygen atoms in total. The van der Waals surface area contributed by atoms with Crippen LogP contribution < -0.4 is 0 Å². The minimum atomic E-state index is 0.00873. The van der Waals surface area contributed by atoms with Gasteiger partial charge in [0.25, 0.3) is 0 Å². The van der Waals surface area contributed by atoms with E-state index in [1.807, 2.05) is 0 Å². The number of allylic oxidation sites excluding steroid dienone is 8. The molecule has 2 aliphatic rings. The summed E-state index contributed by atoms with van der Waals surface area (Å²) in [7, 11) is 1.79. The largest absolute Gasteiger partial charge is 0.500 e. The van der Waals surface area contributed by atoms with E-state index in [1.165, 1.54) is 11.1 Å². The molecular formula is C19H26O. The molecule has 108 valence electrons. The second-order valence-electron chi connectivity index (χ2n) is 6.10. The van der Waals surface area contributed by atoms with Gasteiger partial charge < -0.3 is 4.74 Å². The van der Waals surface area contributed by atoms with E-state index in [4.69, 9.17) is 4.74 Å². The third-order valence-electron chi connectivity index (χ3n) is 4.46. The summed E-state index contributed by atoms with van der Waals surface area (Å²) in [6.45, 7) is 8.40. The van der Waals surface area contributed by atoms with Crippen LogP contribution in [0, 0.1) is 11.3 Å². The van der Waals surface area contributed by atoms with Gasteiger partial charge in [0.1, 0.15) is 5.76 Å². The Labute approximate surface area is 123 Å². The molecule has 0 aliphatic heterocycles. The van der Waals surface area contributed by atoms with Crippen LogP contribution in [0.15, 0.2) is 59.9 Å². The van der Waals surface area contributed by atoms with Crippen molar-refractivity contribution >= 4 is 0 Å². The molecule has 0 heterocycles. The van der Waals surface area contributed by atoms with Gasteiger partial charge >= 0.3 is 0 Å². The summed E-state index contributed by atoms with van der Waals surface area (Å²) in [5.41, 5.74) is 2.89. The lowest BCUT2D eigenvalue weighted by molar-refractivity contribution is 0.199. The molecule has 0 aromatic carbocycles. The molecule has 2 aliphatic carbocycles. The maximum Gasteiger partial charge on any atom is 0.102 e. The Morgan fingerprint density at radius 2 is 2.30 bits per heavy atom. The van der Waals surface area contributed by atoms with Gasteiger partial charge in [-0.15, -0.1) is 6.58 Å². The van der Waals surface area contributed by atoms with Crippen LogP contribution in [0.2, 0.25) is 0 Å². The Kier molecular flexibility index (Phi) is 4.69. The zero-order chi connectivity index (χ0) is 14.6. The second kappa shape index (κ2) is 6.30. The summed E-state index contributed by atoms with van der Waals surface area (Å²) in [6.07, 6.45) is 17.7. The van der Waals surface area contributed by atoms with Crippen LogP contribution in [0.5, 0.6) is 0 Å². The quantitative estimate of drug-likeness (QED) is 0.592. The zero-order valence-electron chi connectivity index (χ0n) is 13.0. The topological polar surface area (TPSA) is 9.23 Å². The minimum absolute atomic E-state index is 0.00873. The fourth-order valence-electron chi connectivity index (χ4n) is 3.28. The molecule has 1 heteroatoms. The third-order valence-corrected chi connectivity index (χ3v) is 4.46. The van der Waals surface area contributed by atoms with Gasteiger partial charge in [0.05, 0.1) is 7.11 Å². The highest BCUT2D eigenvalue weighted by atomic mass is 16.5. The van der Waals surface area contributed by atoms with Crippen LogP contribution >= 0.6 is 0 Å². The van der Waals surface area contributed by atoms with Crippen molar-refractivity contribution in [1.82, 2.24) is 0 Å². The third kappa shape index (κ3) is 2.98. The van der Waals surface area contributed by atoms with Gasteiger partial charge in [0, 0.05) is 11.3 Å². The van der Waals surface area contributed by atoms with Crippen LogP contribution in [-0.4, -0.2) is 7.11 Å². The summed E-state index contributed by atoms with van der Waals surface area (Å²) in [5, 5.41) is 0. The monoisotopic (exact) mass is 270 g/mol. The molecular weight excluding hydrogens is 244 g/mol. The fourth-order valence-corrected chi connectivity index (χ4v) is 3.28. The van der Waals surface area contributed by atoms with E-state index in [2.05, 4.69) is 56.9 Å². The van der Waals surface area contributed by atoms with Gasteiger partial charge in [-0.3, -0.25) is 0 Å². The molecule has 0 fully saturated rings. The average Bonchev–Trinajstić information content (AvgIpc) is 3.05.